The van der Waals surface area contributed by atoms with Crippen molar-refractivity contribution in [2.24, 2.45) is 0 Å². The Kier molecular flexibility index (Phi) is 3.88. The fraction of sp³-hybridized carbons (Fsp3) is 0.167. The smallest absolute Gasteiger partial charge is 0.250 e. The Morgan fingerprint density at radius 3 is 2.83 bits per heavy atom. The molecular weight excluding hydrogens is 250 g/mol. The summed E-state index contributed by atoms with van der Waals surface area (Å²) >= 11 is 0. The molecule has 94 valence electrons. The number of hydrogen-bond donors (Lipinski definition) is 1. The zero-order valence-electron chi connectivity index (χ0n) is 9.65. The van der Waals surface area contributed by atoms with Crippen molar-refractivity contribution in [2.75, 3.05) is 11.5 Å². The lowest BCUT2D eigenvalue weighted by molar-refractivity contribution is 0.666. The van der Waals surface area contributed by atoms with Gasteiger partial charge in [0.15, 0.2) is 0 Å². The first-order valence-electron chi connectivity index (χ1n) is 5.43. The number of nitrogens with zero attached hydrogens (tertiary/aromatic N) is 2. The van der Waals surface area contributed by atoms with Crippen LogP contribution in [0.4, 0.5) is 5.69 Å². The fourth-order valence-corrected chi connectivity index (χ4v) is 2.58. The van der Waals surface area contributed by atoms with E-state index in [0.29, 0.717) is 23.0 Å². The minimum absolute atomic E-state index is 0.108. The predicted octanol–water partition coefficient (Wildman–Crippen LogP) is 0.633. The number of nitrogen functional groups attached to an aromatic ring is 1. The zero-order valence-corrected chi connectivity index (χ0v) is 10.5. The molecule has 0 bridgehead atoms. The van der Waals surface area contributed by atoms with Crippen LogP contribution in [0.25, 0.3) is 0 Å². The van der Waals surface area contributed by atoms with E-state index in [1.165, 1.54) is 10.6 Å². The van der Waals surface area contributed by atoms with E-state index < -0.39 is 10.8 Å². The Morgan fingerprint density at radius 2 is 2.11 bits per heavy atom. The largest absolute Gasteiger partial charge is 0.396 e. The van der Waals surface area contributed by atoms with Crippen LogP contribution < -0.4 is 11.3 Å². The van der Waals surface area contributed by atoms with Crippen molar-refractivity contribution < 1.29 is 4.21 Å². The molecule has 0 fully saturated rings. The highest BCUT2D eigenvalue weighted by molar-refractivity contribution is 7.85. The summed E-state index contributed by atoms with van der Waals surface area (Å²) in [5, 5.41) is 0.376. The standard InChI is InChI=1S/C12H13N3O2S/c13-10-4-3-6-14-12(10)18(17)9-8-15-7-2-1-5-11(15)16/h1-7H,8-9,13H2. The van der Waals surface area contributed by atoms with Crippen LogP contribution in [0.2, 0.25) is 0 Å². The molecule has 2 rings (SSSR count). The maximum absolute atomic E-state index is 12.0. The number of rotatable bonds is 4. The van der Waals surface area contributed by atoms with E-state index in [1.54, 1.807) is 36.7 Å². The van der Waals surface area contributed by atoms with Crippen LogP contribution in [0, 0.1) is 0 Å². The maximum atomic E-state index is 12.0. The van der Waals surface area contributed by atoms with E-state index in [4.69, 9.17) is 5.73 Å². The molecule has 18 heavy (non-hydrogen) atoms. The molecule has 0 spiro atoms. The van der Waals surface area contributed by atoms with Crippen LogP contribution in [-0.2, 0) is 17.3 Å². The SMILES string of the molecule is Nc1cccnc1S(=O)CCn1ccccc1=O. The molecule has 0 radical (unpaired) electrons. The molecule has 0 aliphatic carbocycles. The minimum atomic E-state index is -1.30. The van der Waals surface area contributed by atoms with Gasteiger partial charge in [-0.05, 0) is 18.2 Å². The van der Waals surface area contributed by atoms with Gasteiger partial charge in [0.05, 0.1) is 16.5 Å². The van der Waals surface area contributed by atoms with E-state index in [1.807, 2.05) is 0 Å². The third-order valence-electron chi connectivity index (χ3n) is 2.43. The average Bonchev–Trinajstić information content (AvgIpc) is 2.38. The van der Waals surface area contributed by atoms with E-state index in [-0.39, 0.29) is 5.56 Å². The highest BCUT2D eigenvalue weighted by atomic mass is 32.2. The van der Waals surface area contributed by atoms with Crippen molar-refractivity contribution in [1.29, 1.82) is 0 Å². The molecule has 1 atom stereocenters. The van der Waals surface area contributed by atoms with Gasteiger partial charge in [0.2, 0.25) is 0 Å². The summed E-state index contributed by atoms with van der Waals surface area (Å²) in [4.78, 5) is 15.5. The normalized spacial score (nSPS) is 12.2. The summed E-state index contributed by atoms with van der Waals surface area (Å²) in [7, 11) is -1.30. The highest BCUT2D eigenvalue weighted by Crippen LogP contribution is 2.12. The quantitative estimate of drug-likeness (QED) is 0.877. The minimum Gasteiger partial charge on any atom is -0.396 e. The maximum Gasteiger partial charge on any atom is 0.250 e. The van der Waals surface area contributed by atoms with Crippen LogP contribution in [0.15, 0.2) is 52.5 Å². The van der Waals surface area contributed by atoms with Crippen molar-refractivity contribution in [1.82, 2.24) is 9.55 Å². The fourth-order valence-electron chi connectivity index (χ4n) is 1.52. The van der Waals surface area contributed by atoms with Gasteiger partial charge >= 0.3 is 0 Å². The first-order valence-corrected chi connectivity index (χ1v) is 6.75. The molecule has 0 saturated carbocycles. The Morgan fingerprint density at radius 1 is 1.28 bits per heavy atom. The van der Waals surface area contributed by atoms with Gasteiger partial charge in [-0.1, -0.05) is 6.07 Å². The van der Waals surface area contributed by atoms with Gasteiger partial charge in [0.1, 0.15) is 5.03 Å². The molecule has 1 unspecified atom stereocenters. The molecule has 0 aliphatic rings. The first kappa shape index (κ1) is 12.5. The molecule has 0 aliphatic heterocycles. The number of aryl methyl sites for hydroxylation is 1. The molecule has 0 saturated heterocycles. The summed E-state index contributed by atoms with van der Waals surface area (Å²) in [5.74, 6) is 0.311. The van der Waals surface area contributed by atoms with Gasteiger partial charge in [0.25, 0.3) is 5.56 Å². The number of anilines is 1. The van der Waals surface area contributed by atoms with Crippen molar-refractivity contribution >= 4 is 16.5 Å². The molecule has 2 heterocycles. The van der Waals surface area contributed by atoms with Gasteiger partial charge in [-0.25, -0.2) is 4.98 Å². The van der Waals surface area contributed by atoms with E-state index in [9.17, 15) is 9.00 Å². The average molecular weight is 263 g/mol. The highest BCUT2D eigenvalue weighted by Gasteiger charge is 2.09. The third kappa shape index (κ3) is 2.84. The van der Waals surface area contributed by atoms with E-state index in [2.05, 4.69) is 4.98 Å². The Hall–Kier alpha value is -1.95. The predicted molar refractivity (Wildman–Crippen MR) is 70.6 cm³/mol. The van der Waals surface area contributed by atoms with E-state index >= 15 is 0 Å². The number of nitrogens with two attached hydrogens (primary N) is 1. The number of hydrogen-bond acceptors (Lipinski definition) is 4. The first-order chi connectivity index (χ1) is 8.68. The van der Waals surface area contributed by atoms with Gasteiger partial charge in [-0.3, -0.25) is 9.00 Å². The molecule has 0 amide bonds. The van der Waals surface area contributed by atoms with E-state index in [0.717, 1.165) is 0 Å². The molecule has 2 aromatic heterocycles. The number of pyridine rings is 2. The summed E-state index contributed by atoms with van der Waals surface area (Å²) in [6.45, 7) is 0.377. The van der Waals surface area contributed by atoms with Crippen molar-refractivity contribution in [3.05, 3.63) is 53.1 Å². The third-order valence-corrected chi connectivity index (χ3v) is 3.76. The van der Waals surface area contributed by atoms with Crippen LogP contribution in [-0.4, -0.2) is 19.5 Å². The molecule has 5 nitrogen and oxygen atoms in total. The van der Waals surface area contributed by atoms with Gasteiger partial charge in [-0.2, -0.15) is 0 Å². The van der Waals surface area contributed by atoms with Crippen LogP contribution in [0.1, 0.15) is 0 Å². The zero-order chi connectivity index (χ0) is 13.0. The lowest BCUT2D eigenvalue weighted by atomic mass is 10.4. The second kappa shape index (κ2) is 5.59. The van der Waals surface area contributed by atoms with Crippen molar-refractivity contribution in [3.8, 4) is 0 Å². The van der Waals surface area contributed by atoms with Crippen molar-refractivity contribution in [2.45, 2.75) is 11.6 Å². The topological polar surface area (TPSA) is 78.0 Å². The monoisotopic (exact) mass is 263 g/mol. The summed E-state index contributed by atoms with van der Waals surface area (Å²) < 4.78 is 13.5. The lowest BCUT2D eigenvalue weighted by Crippen LogP contribution is -2.21. The van der Waals surface area contributed by atoms with Crippen LogP contribution >= 0.6 is 0 Å². The summed E-state index contributed by atoms with van der Waals surface area (Å²) in [5.41, 5.74) is 6.00. The Labute approximate surface area is 107 Å². The molecular formula is C12H13N3O2S. The molecule has 2 aromatic rings. The van der Waals surface area contributed by atoms with Crippen LogP contribution in [0.5, 0.6) is 0 Å². The Balaban J connectivity index is 2.08. The van der Waals surface area contributed by atoms with Crippen molar-refractivity contribution in [3.63, 3.8) is 0 Å². The lowest BCUT2D eigenvalue weighted by Gasteiger charge is -2.06. The molecule has 6 heteroatoms. The molecule has 0 aromatic carbocycles. The second-order valence-corrected chi connectivity index (χ2v) is 5.17. The van der Waals surface area contributed by atoms with Gasteiger partial charge in [0, 0.05) is 30.8 Å². The second-order valence-electron chi connectivity index (χ2n) is 3.68. The number of aromatic nitrogens is 2. The summed E-state index contributed by atoms with van der Waals surface area (Å²) in [6, 6.07) is 8.26. The Bertz CT molecular complexity index is 624. The van der Waals surface area contributed by atoms with Crippen LogP contribution in [0.3, 0.4) is 0 Å². The van der Waals surface area contributed by atoms with Gasteiger partial charge in [-0.15, -0.1) is 0 Å². The van der Waals surface area contributed by atoms with Gasteiger partial charge < -0.3 is 10.3 Å². The summed E-state index contributed by atoms with van der Waals surface area (Å²) in [6.07, 6.45) is 3.22. The molecule has 2 N–H and O–H groups in total.